The van der Waals surface area contributed by atoms with Gasteiger partial charge in [0.1, 0.15) is 5.75 Å². The number of aromatic nitrogens is 2. The molecule has 0 unspecified atom stereocenters. The van der Waals surface area contributed by atoms with Crippen LogP contribution in [0.4, 0.5) is 5.69 Å². The highest BCUT2D eigenvalue weighted by Crippen LogP contribution is 2.27. The monoisotopic (exact) mass is 279 g/mol. The molecule has 5 heteroatoms. The Kier molecular flexibility index (Phi) is 4.68. The molecule has 0 fully saturated rings. The van der Waals surface area contributed by atoms with Gasteiger partial charge in [0.2, 0.25) is 0 Å². The van der Waals surface area contributed by atoms with Crippen molar-refractivity contribution in [2.45, 2.75) is 26.9 Å². The maximum absolute atomic E-state index is 6.14. The molecule has 2 aromatic rings. The second kappa shape index (κ2) is 6.48. The number of rotatable bonds is 6. The fourth-order valence-corrected chi connectivity index (χ4v) is 2.09. The molecule has 19 heavy (non-hydrogen) atoms. The molecule has 102 valence electrons. The number of anilines is 1. The molecule has 4 nitrogen and oxygen atoms in total. The molecule has 1 heterocycles. The van der Waals surface area contributed by atoms with E-state index in [0.717, 1.165) is 24.5 Å². The summed E-state index contributed by atoms with van der Waals surface area (Å²) >= 11 is 6.14. The van der Waals surface area contributed by atoms with Crippen LogP contribution < -0.4 is 10.1 Å². The van der Waals surface area contributed by atoms with Crippen molar-refractivity contribution >= 4 is 17.3 Å². The van der Waals surface area contributed by atoms with Gasteiger partial charge in [-0.3, -0.25) is 0 Å². The van der Waals surface area contributed by atoms with Crippen LogP contribution in [-0.2, 0) is 13.1 Å². The van der Waals surface area contributed by atoms with E-state index in [2.05, 4.69) is 21.8 Å². The zero-order chi connectivity index (χ0) is 13.7. The van der Waals surface area contributed by atoms with E-state index in [0.29, 0.717) is 17.4 Å². The van der Waals surface area contributed by atoms with Gasteiger partial charge in [0.25, 0.3) is 0 Å². The van der Waals surface area contributed by atoms with Crippen molar-refractivity contribution in [2.75, 3.05) is 11.9 Å². The average Bonchev–Trinajstić information content (AvgIpc) is 2.87. The van der Waals surface area contributed by atoms with Crippen molar-refractivity contribution in [2.24, 2.45) is 0 Å². The van der Waals surface area contributed by atoms with E-state index >= 15 is 0 Å². The van der Waals surface area contributed by atoms with E-state index in [1.165, 1.54) is 0 Å². The normalized spacial score (nSPS) is 10.5. The van der Waals surface area contributed by atoms with Crippen LogP contribution in [0.15, 0.2) is 30.7 Å². The summed E-state index contributed by atoms with van der Waals surface area (Å²) in [5, 5.41) is 3.95. The number of benzene rings is 1. The summed E-state index contributed by atoms with van der Waals surface area (Å²) in [6.45, 7) is 6.29. The van der Waals surface area contributed by atoms with Gasteiger partial charge in [0.05, 0.1) is 30.2 Å². The number of hydrogen-bond donors (Lipinski definition) is 1. The van der Waals surface area contributed by atoms with Gasteiger partial charge in [0.15, 0.2) is 0 Å². The van der Waals surface area contributed by atoms with Gasteiger partial charge in [-0.25, -0.2) is 4.98 Å². The maximum Gasteiger partial charge on any atom is 0.138 e. The molecule has 1 aromatic carbocycles. The molecule has 2 rings (SSSR count). The van der Waals surface area contributed by atoms with Gasteiger partial charge >= 0.3 is 0 Å². The van der Waals surface area contributed by atoms with Crippen molar-refractivity contribution in [3.63, 3.8) is 0 Å². The molecule has 0 spiro atoms. The third-order valence-corrected chi connectivity index (χ3v) is 3.14. The lowest BCUT2D eigenvalue weighted by Crippen LogP contribution is -2.06. The van der Waals surface area contributed by atoms with Crippen molar-refractivity contribution in [3.8, 4) is 5.75 Å². The number of halogens is 1. The van der Waals surface area contributed by atoms with Crippen LogP contribution >= 0.6 is 11.6 Å². The fraction of sp³-hybridized carbons (Fsp3) is 0.357. The van der Waals surface area contributed by atoms with Crippen LogP contribution in [0.2, 0.25) is 5.02 Å². The van der Waals surface area contributed by atoms with Crippen molar-refractivity contribution in [1.29, 1.82) is 0 Å². The largest absolute Gasteiger partial charge is 0.492 e. The summed E-state index contributed by atoms with van der Waals surface area (Å²) in [6.07, 6.45) is 3.70. The SMILES string of the molecule is CCOc1ccc(NCc2cncn2CC)cc1Cl. The zero-order valence-electron chi connectivity index (χ0n) is 11.2. The highest BCUT2D eigenvalue weighted by molar-refractivity contribution is 6.32. The Hall–Kier alpha value is -1.68. The first kappa shape index (κ1) is 13.7. The number of nitrogens with zero attached hydrogens (tertiary/aromatic N) is 2. The fourth-order valence-electron chi connectivity index (χ4n) is 1.86. The van der Waals surface area contributed by atoms with E-state index in [4.69, 9.17) is 16.3 Å². The molecule has 0 aliphatic heterocycles. The lowest BCUT2D eigenvalue weighted by Gasteiger charge is -2.10. The second-order valence-electron chi connectivity index (χ2n) is 4.10. The third kappa shape index (κ3) is 3.41. The van der Waals surface area contributed by atoms with Crippen molar-refractivity contribution < 1.29 is 4.74 Å². The zero-order valence-corrected chi connectivity index (χ0v) is 11.9. The van der Waals surface area contributed by atoms with E-state index in [9.17, 15) is 0 Å². The van der Waals surface area contributed by atoms with Crippen LogP contribution in [0.3, 0.4) is 0 Å². The first-order chi connectivity index (χ1) is 9.24. The van der Waals surface area contributed by atoms with E-state index in [1.54, 1.807) is 0 Å². The summed E-state index contributed by atoms with van der Waals surface area (Å²) in [7, 11) is 0. The Morgan fingerprint density at radius 3 is 2.89 bits per heavy atom. The molecule has 0 saturated heterocycles. The van der Waals surface area contributed by atoms with Crippen LogP contribution in [0.5, 0.6) is 5.75 Å². The summed E-state index contributed by atoms with van der Waals surface area (Å²) in [5.74, 6) is 0.716. The minimum absolute atomic E-state index is 0.613. The highest BCUT2D eigenvalue weighted by atomic mass is 35.5. The van der Waals surface area contributed by atoms with Crippen LogP contribution in [0.25, 0.3) is 0 Å². The Morgan fingerprint density at radius 1 is 1.37 bits per heavy atom. The lowest BCUT2D eigenvalue weighted by molar-refractivity contribution is 0.340. The van der Waals surface area contributed by atoms with E-state index < -0.39 is 0 Å². The molecular weight excluding hydrogens is 262 g/mol. The van der Waals surface area contributed by atoms with Gasteiger partial charge in [-0.05, 0) is 32.0 Å². The van der Waals surface area contributed by atoms with Gasteiger partial charge in [-0.15, -0.1) is 0 Å². The van der Waals surface area contributed by atoms with E-state index in [-0.39, 0.29) is 0 Å². The molecule has 0 saturated carbocycles. The predicted molar refractivity (Wildman–Crippen MR) is 77.8 cm³/mol. The molecular formula is C14H18ClN3O. The summed E-state index contributed by atoms with van der Waals surface area (Å²) < 4.78 is 7.51. The Balaban J connectivity index is 2.02. The van der Waals surface area contributed by atoms with Crippen LogP contribution in [-0.4, -0.2) is 16.2 Å². The Morgan fingerprint density at radius 2 is 2.21 bits per heavy atom. The minimum atomic E-state index is 0.613. The van der Waals surface area contributed by atoms with Crippen molar-refractivity contribution in [3.05, 3.63) is 41.4 Å². The van der Waals surface area contributed by atoms with Crippen molar-refractivity contribution in [1.82, 2.24) is 9.55 Å². The number of aryl methyl sites for hydroxylation is 1. The number of ether oxygens (including phenoxy) is 1. The molecule has 0 atom stereocenters. The summed E-state index contributed by atoms with van der Waals surface area (Å²) in [4.78, 5) is 4.14. The Labute approximate surface area is 118 Å². The lowest BCUT2D eigenvalue weighted by atomic mass is 10.3. The van der Waals surface area contributed by atoms with Gasteiger partial charge in [-0.2, -0.15) is 0 Å². The topological polar surface area (TPSA) is 39.1 Å². The minimum Gasteiger partial charge on any atom is -0.492 e. The number of nitrogens with one attached hydrogen (secondary N) is 1. The Bertz CT molecular complexity index is 539. The smallest absolute Gasteiger partial charge is 0.138 e. The molecule has 0 aliphatic carbocycles. The maximum atomic E-state index is 6.14. The standard InChI is InChI=1S/C14H18ClN3O/c1-3-18-10-16-8-12(18)9-17-11-5-6-14(19-4-2)13(15)7-11/h5-8,10,17H,3-4,9H2,1-2H3. The van der Waals surface area contributed by atoms with Crippen LogP contribution in [0, 0.1) is 0 Å². The van der Waals surface area contributed by atoms with E-state index in [1.807, 2.05) is 37.6 Å². The first-order valence-corrected chi connectivity index (χ1v) is 6.77. The third-order valence-electron chi connectivity index (χ3n) is 2.84. The highest BCUT2D eigenvalue weighted by Gasteiger charge is 2.04. The number of imidazole rings is 1. The molecule has 1 N–H and O–H groups in total. The second-order valence-corrected chi connectivity index (χ2v) is 4.51. The van der Waals surface area contributed by atoms with Crippen LogP contribution in [0.1, 0.15) is 19.5 Å². The molecule has 1 aromatic heterocycles. The number of hydrogen-bond acceptors (Lipinski definition) is 3. The molecule has 0 radical (unpaired) electrons. The molecule has 0 bridgehead atoms. The van der Waals surface area contributed by atoms with Gasteiger partial charge in [0, 0.05) is 18.4 Å². The summed E-state index contributed by atoms with van der Waals surface area (Å²) in [5.41, 5.74) is 2.12. The quantitative estimate of drug-likeness (QED) is 0.879. The molecule has 0 aliphatic rings. The predicted octanol–water partition coefficient (Wildman–Crippen LogP) is 3.57. The average molecular weight is 280 g/mol. The van der Waals surface area contributed by atoms with Gasteiger partial charge in [-0.1, -0.05) is 11.6 Å². The first-order valence-electron chi connectivity index (χ1n) is 6.39. The molecule has 0 amide bonds. The van der Waals surface area contributed by atoms with Gasteiger partial charge < -0.3 is 14.6 Å². The summed E-state index contributed by atoms with van der Waals surface area (Å²) in [6, 6.07) is 5.72.